The molecule has 1 fully saturated rings. The van der Waals surface area contributed by atoms with Crippen molar-refractivity contribution in [3.8, 4) is 0 Å². The minimum absolute atomic E-state index is 1.01. The van der Waals surface area contributed by atoms with Crippen molar-refractivity contribution >= 4 is 0 Å². The molecule has 4 unspecified atom stereocenters. The second kappa shape index (κ2) is 2.66. The monoisotopic (exact) mass is 150 g/mol. The number of rotatable bonds is 1. The summed E-state index contributed by atoms with van der Waals surface area (Å²) in [4.78, 5) is 0. The number of allylic oxidation sites excluding steroid dienone is 2. The zero-order valence-electron chi connectivity index (χ0n) is 7.59. The minimum atomic E-state index is 1.01. The predicted octanol–water partition coefficient (Wildman–Crippen LogP) is 3.24. The summed E-state index contributed by atoms with van der Waals surface area (Å²) in [6, 6.07) is 0. The Kier molecular flexibility index (Phi) is 1.78. The summed E-state index contributed by atoms with van der Waals surface area (Å²) >= 11 is 0. The highest BCUT2D eigenvalue weighted by Gasteiger charge is 2.49. The van der Waals surface area contributed by atoms with Gasteiger partial charge in [0.15, 0.2) is 0 Å². The topological polar surface area (TPSA) is 0 Å². The Balaban J connectivity index is 2.05. The summed E-state index contributed by atoms with van der Waals surface area (Å²) < 4.78 is 0. The summed E-state index contributed by atoms with van der Waals surface area (Å²) in [5, 5.41) is 0. The first-order chi connectivity index (χ1) is 5.34. The molecule has 0 aromatic carbocycles. The van der Waals surface area contributed by atoms with Gasteiger partial charge in [-0.25, -0.2) is 0 Å². The third-order valence-electron chi connectivity index (χ3n) is 3.72. The molecule has 2 rings (SSSR count). The molecule has 0 nitrogen and oxygen atoms in total. The number of fused-ring (bicyclic) bond motifs is 1. The molecule has 0 spiro atoms. The van der Waals surface area contributed by atoms with Crippen LogP contribution < -0.4 is 0 Å². The second-order valence-electron chi connectivity index (χ2n) is 4.21. The molecule has 0 amide bonds. The lowest BCUT2D eigenvalue weighted by atomic mass is 9.95. The molecule has 0 bridgehead atoms. The molecule has 2 aliphatic carbocycles. The van der Waals surface area contributed by atoms with E-state index in [-0.39, 0.29) is 0 Å². The van der Waals surface area contributed by atoms with Crippen LogP contribution in [0.2, 0.25) is 0 Å². The van der Waals surface area contributed by atoms with Gasteiger partial charge in [0.05, 0.1) is 0 Å². The molecule has 0 aromatic rings. The van der Waals surface area contributed by atoms with Gasteiger partial charge in [-0.3, -0.25) is 0 Å². The van der Waals surface area contributed by atoms with Gasteiger partial charge in [0.2, 0.25) is 0 Å². The lowest BCUT2D eigenvalue weighted by Gasteiger charge is -2.10. The quantitative estimate of drug-likeness (QED) is 0.503. The third-order valence-corrected chi connectivity index (χ3v) is 3.72. The fourth-order valence-corrected chi connectivity index (χ4v) is 2.85. The van der Waals surface area contributed by atoms with E-state index in [9.17, 15) is 0 Å². The van der Waals surface area contributed by atoms with Gasteiger partial charge < -0.3 is 0 Å². The van der Waals surface area contributed by atoms with E-state index in [0.717, 1.165) is 23.7 Å². The van der Waals surface area contributed by atoms with Crippen molar-refractivity contribution in [1.29, 1.82) is 0 Å². The van der Waals surface area contributed by atoms with Gasteiger partial charge >= 0.3 is 0 Å². The Labute approximate surface area is 69.7 Å². The SMILES string of the molecule is CCC1CC=CCC2C(C)C12. The van der Waals surface area contributed by atoms with Gasteiger partial charge in [-0.15, -0.1) is 0 Å². The van der Waals surface area contributed by atoms with Crippen LogP contribution in [0.5, 0.6) is 0 Å². The summed E-state index contributed by atoms with van der Waals surface area (Å²) in [6.07, 6.45) is 8.89. The third kappa shape index (κ3) is 1.13. The Hall–Kier alpha value is -0.260. The molecule has 0 aliphatic heterocycles. The van der Waals surface area contributed by atoms with E-state index in [0.29, 0.717) is 0 Å². The average Bonchev–Trinajstić information content (AvgIpc) is 2.68. The fraction of sp³-hybridized carbons (Fsp3) is 0.818. The van der Waals surface area contributed by atoms with Crippen molar-refractivity contribution in [3.05, 3.63) is 12.2 Å². The molecule has 0 heterocycles. The first-order valence-electron chi connectivity index (χ1n) is 4.99. The predicted molar refractivity (Wildman–Crippen MR) is 48.3 cm³/mol. The lowest BCUT2D eigenvalue weighted by molar-refractivity contribution is 0.422. The van der Waals surface area contributed by atoms with Gasteiger partial charge in [0.25, 0.3) is 0 Å². The van der Waals surface area contributed by atoms with Crippen LogP contribution in [0.15, 0.2) is 12.2 Å². The first-order valence-corrected chi connectivity index (χ1v) is 4.99. The van der Waals surface area contributed by atoms with Crippen LogP contribution in [-0.4, -0.2) is 0 Å². The molecule has 1 saturated carbocycles. The first kappa shape index (κ1) is 7.39. The van der Waals surface area contributed by atoms with Crippen LogP contribution in [0.1, 0.15) is 33.1 Å². The van der Waals surface area contributed by atoms with Crippen molar-refractivity contribution in [2.24, 2.45) is 23.7 Å². The smallest absolute Gasteiger partial charge is 0.0317 e. The Bertz CT molecular complexity index is 169. The number of hydrogen-bond acceptors (Lipinski definition) is 0. The van der Waals surface area contributed by atoms with E-state index < -0.39 is 0 Å². The maximum atomic E-state index is 2.43. The van der Waals surface area contributed by atoms with Crippen molar-refractivity contribution in [3.63, 3.8) is 0 Å². The summed E-state index contributed by atoms with van der Waals surface area (Å²) in [7, 11) is 0. The Morgan fingerprint density at radius 1 is 1.27 bits per heavy atom. The van der Waals surface area contributed by atoms with E-state index >= 15 is 0 Å². The summed E-state index contributed by atoms with van der Waals surface area (Å²) in [5.41, 5.74) is 0. The maximum absolute atomic E-state index is 2.43. The van der Waals surface area contributed by atoms with E-state index in [4.69, 9.17) is 0 Å². The average molecular weight is 150 g/mol. The lowest BCUT2D eigenvalue weighted by Crippen LogP contribution is -2.01. The zero-order valence-corrected chi connectivity index (χ0v) is 7.59. The molecule has 0 aromatic heterocycles. The Morgan fingerprint density at radius 2 is 2.00 bits per heavy atom. The van der Waals surface area contributed by atoms with E-state index in [2.05, 4.69) is 26.0 Å². The molecule has 4 atom stereocenters. The van der Waals surface area contributed by atoms with Gasteiger partial charge in [0.1, 0.15) is 0 Å². The van der Waals surface area contributed by atoms with Crippen molar-refractivity contribution < 1.29 is 0 Å². The molecule has 62 valence electrons. The molecular weight excluding hydrogens is 132 g/mol. The maximum Gasteiger partial charge on any atom is -0.0317 e. The highest BCUT2D eigenvalue weighted by atomic mass is 14.5. The Morgan fingerprint density at radius 3 is 2.73 bits per heavy atom. The molecular formula is C11H18. The second-order valence-corrected chi connectivity index (χ2v) is 4.21. The van der Waals surface area contributed by atoms with Crippen molar-refractivity contribution in [2.75, 3.05) is 0 Å². The molecule has 11 heavy (non-hydrogen) atoms. The highest BCUT2D eigenvalue weighted by Crippen LogP contribution is 2.55. The van der Waals surface area contributed by atoms with Crippen LogP contribution in [-0.2, 0) is 0 Å². The number of hydrogen-bond donors (Lipinski definition) is 0. The van der Waals surface area contributed by atoms with Crippen LogP contribution in [0, 0.1) is 23.7 Å². The highest BCUT2D eigenvalue weighted by molar-refractivity contribution is 5.06. The minimum Gasteiger partial charge on any atom is -0.0882 e. The van der Waals surface area contributed by atoms with Crippen LogP contribution in [0.25, 0.3) is 0 Å². The molecule has 0 radical (unpaired) electrons. The molecule has 2 aliphatic rings. The van der Waals surface area contributed by atoms with E-state index in [1.54, 1.807) is 0 Å². The fourth-order valence-electron chi connectivity index (χ4n) is 2.85. The van der Waals surface area contributed by atoms with Crippen LogP contribution in [0.4, 0.5) is 0 Å². The molecule has 0 N–H and O–H groups in total. The van der Waals surface area contributed by atoms with Crippen LogP contribution in [0.3, 0.4) is 0 Å². The van der Waals surface area contributed by atoms with Gasteiger partial charge in [-0.05, 0) is 36.5 Å². The summed E-state index contributed by atoms with van der Waals surface area (Å²) in [6.45, 7) is 4.77. The van der Waals surface area contributed by atoms with Gasteiger partial charge in [-0.1, -0.05) is 32.4 Å². The normalized spacial score (nSPS) is 48.2. The van der Waals surface area contributed by atoms with Gasteiger partial charge in [0, 0.05) is 0 Å². The summed E-state index contributed by atoms with van der Waals surface area (Å²) in [5.74, 6) is 4.17. The molecule has 0 saturated heterocycles. The van der Waals surface area contributed by atoms with Crippen molar-refractivity contribution in [2.45, 2.75) is 33.1 Å². The molecule has 0 heteroatoms. The standard InChI is InChI=1S/C11H18/c1-3-9-6-4-5-7-10-8(2)11(9)10/h4-5,8-11H,3,6-7H2,1-2H3. The van der Waals surface area contributed by atoms with E-state index in [1.807, 2.05) is 0 Å². The van der Waals surface area contributed by atoms with Crippen molar-refractivity contribution in [1.82, 2.24) is 0 Å². The van der Waals surface area contributed by atoms with Crippen LogP contribution >= 0.6 is 0 Å². The van der Waals surface area contributed by atoms with Gasteiger partial charge in [-0.2, -0.15) is 0 Å². The largest absolute Gasteiger partial charge is 0.0882 e. The zero-order chi connectivity index (χ0) is 7.84. The van der Waals surface area contributed by atoms with E-state index in [1.165, 1.54) is 19.3 Å².